The van der Waals surface area contributed by atoms with Crippen molar-refractivity contribution < 1.29 is 21.8 Å². The Balaban J connectivity index is 2.04. The lowest BCUT2D eigenvalue weighted by Crippen LogP contribution is -2.27. The molecule has 1 aromatic carbocycles. The molecule has 0 spiro atoms. The van der Waals surface area contributed by atoms with Crippen LogP contribution in [0.25, 0.3) is 0 Å². The highest BCUT2D eigenvalue weighted by atomic mass is 35.5. The molecule has 2 aromatic rings. The zero-order valence-electron chi connectivity index (χ0n) is 13.3. The van der Waals surface area contributed by atoms with Gasteiger partial charge in [-0.1, -0.05) is 11.6 Å². The maximum Gasteiger partial charge on any atom is 0.336 e. The zero-order valence-corrected chi connectivity index (χ0v) is 15.7. The lowest BCUT2D eigenvalue weighted by atomic mass is 10.1. The minimum atomic E-state index is -3.94. The Labute approximate surface area is 153 Å². The summed E-state index contributed by atoms with van der Waals surface area (Å²) in [6.45, 7) is 1.05. The number of amides is 1. The molecule has 0 unspecified atom stereocenters. The summed E-state index contributed by atoms with van der Waals surface area (Å²) in [5.74, 6) is -1.05. The number of hydrogen-bond acceptors (Lipinski definition) is 6. The fraction of sp³-hybridized carbons (Fsp3) is 0.286. The monoisotopic (exact) mass is 407 g/mol. The lowest BCUT2D eigenvalue weighted by Gasteiger charge is -2.03. The highest BCUT2D eigenvalue weighted by Gasteiger charge is 2.15. The zero-order chi connectivity index (χ0) is 18.6. The summed E-state index contributed by atoms with van der Waals surface area (Å²) in [6, 6.07) is 4.28. The number of thiazole rings is 1. The van der Waals surface area contributed by atoms with E-state index in [0.29, 0.717) is 16.3 Å². The summed E-state index contributed by atoms with van der Waals surface area (Å²) in [4.78, 5) is 16.6. The van der Waals surface area contributed by atoms with Gasteiger partial charge in [0.1, 0.15) is 12.4 Å². The van der Waals surface area contributed by atoms with Gasteiger partial charge in [-0.3, -0.25) is 10.1 Å². The molecule has 1 heterocycles. The molecule has 0 radical (unpaired) electrons. The SMILES string of the molecule is CNS(=O)(=O)OCC(=O)Nc1nc(C)c(Cc2cc(Cl)ccc2F)s1. The predicted octanol–water partition coefficient (Wildman–Crippen LogP) is 2.25. The minimum absolute atomic E-state index is 0.269. The molecular weight excluding hydrogens is 393 g/mol. The number of aromatic nitrogens is 1. The molecule has 0 bridgehead atoms. The molecule has 2 rings (SSSR count). The van der Waals surface area contributed by atoms with Gasteiger partial charge in [-0.2, -0.15) is 13.1 Å². The van der Waals surface area contributed by atoms with Gasteiger partial charge in [0.05, 0.1) is 5.69 Å². The standard InChI is InChI=1S/C14H15ClFN3O4S2/c1-8-12(6-9-5-10(15)3-4-11(9)16)24-14(18-8)19-13(20)7-23-25(21,22)17-2/h3-5,17H,6-7H2,1-2H3,(H,18,19,20). The van der Waals surface area contributed by atoms with Crippen molar-refractivity contribution in [3.8, 4) is 0 Å². The van der Waals surface area contributed by atoms with E-state index in [9.17, 15) is 17.6 Å². The van der Waals surface area contributed by atoms with E-state index in [4.69, 9.17) is 11.6 Å². The quantitative estimate of drug-likeness (QED) is 0.733. The number of anilines is 1. The molecule has 0 aliphatic rings. The number of nitrogens with one attached hydrogen (secondary N) is 2. The van der Waals surface area contributed by atoms with Crippen LogP contribution < -0.4 is 10.0 Å². The van der Waals surface area contributed by atoms with Gasteiger partial charge in [0.25, 0.3) is 5.91 Å². The molecule has 2 N–H and O–H groups in total. The van der Waals surface area contributed by atoms with Gasteiger partial charge >= 0.3 is 10.3 Å². The van der Waals surface area contributed by atoms with Crippen LogP contribution in [0.2, 0.25) is 5.02 Å². The molecule has 1 aromatic heterocycles. The first-order valence-electron chi connectivity index (χ1n) is 6.98. The van der Waals surface area contributed by atoms with Gasteiger partial charge in [0.2, 0.25) is 0 Å². The second-order valence-corrected chi connectivity index (χ2v) is 7.98. The summed E-state index contributed by atoms with van der Waals surface area (Å²) in [6.07, 6.45) is 0.274. The third-order valence-corrected chi connectivity index (χ3v) is 5.33. The van der Waals surface area contributed by atoms with Gasteiger partial charge in [0.15, 0.2) is 5.13 Å². The van der Waals surface area contributed by atoms with Crippen LogP contribution in [0.5, 0.6) is 0 Å². The molecule has 1 amide bonds. The van der Waals surface area contributed by atoms with Gasteiger partial charge in [0, 0.05) is 23.4 Å². The fourth-order valence-corrected chi connectivity index (χ4v) is 3.42. The Morgan fingerprint density at radius 2 is 2.16 bits per heavy atom. The molecule has 136 valence electrons. The van der Waals surface area contributed by atoms with Crippen molar-refractivity contribution >= 4 is 44.3 Å². The summed E-state index contributed by atoms with van der Waals surface area (Å²) in [5, 5.41) is 3.14. The molecule has 0 saturated carbocycles. The number of benzene rings is 1. The predicted molar refractivity (Wildman–Crippen MR) is 93.6 cm³/mol. The number of carbonyl (C=O) groups excluding carboxylic acids is 1. The molecule has 0 fully saturated rings. The highest BCUT2D eigenvalue weighted by molar-refractivity contribution is 7.84. The van der Waals surface area contributed by atoms with Crippen LogP contribution in [0.4, 0.5) is 9.52 Å². The molecule has 0 atom stereocenters. The molecule has 0 aliphatic heterocycles. The van der Waals surface area contributed by atoms with Crippen molar-refractivity contribution in [1.29, 1.82) is 0 Å². The summed E-state index contributed by atoms with van der Waals surface area (Å²) < 4.78 is 42.4. The van der Waals surface area contributed by atoms with Gasteiger partial charge in [-0.15, -0.1) is 11.3 Å². The molecule has 0 saturated heterocycles. The van der Waals surface area contributed by atoms with Crippen LogP contribution in [0.1, 0.15) is 16.1 Å². The van der Waals surface area contributed by atoms with E-state index in [0.717, 1.165) is 16.2 Å². The topological polar surface area (TPSA) is 97.4 Å². The number of nitrogens with zero attached hydrogens (tertiary/aromatic N) is 1. The second-order valence-electron chi connectivity index (χ2n) is 4.91. The molecule has 7 nitrogen and oxygen atoms in total. The van der Waals surface area contributed by atoms with E-state index < -0.39 is 22.8 Å². The highest BCUT2D eigenvalue weighted by Crippen LogP contribution is 2.27. The Morgan fingerprint density at radius 3 is 2.84 bits per heavy atom. The Hall–Kier alpha value is -1.59. The average molecular weight is 408 g/mol. The fourth-order valence-electron chi connectivity index (χ4n) is 1.84. The van der Waals surface area contributed by atoms with Crippen LogP contribution in [0.3, 0.4) is 0 Å². The number of hydrogen-bond donors (Lipinski definition) is 2. The van der Waals surface area contributed by atoms with Crippen LogP contribution in [-0.2, 0) is 25.7 Å². The Kier molecular flexibility index (Phi) is 6.47. The van der Waals surface area contributed by atoms with Crippen molar-refractivity contribution in [1.82, 2.24) is 9.71 Å². The van der Waals surface area contributed by atoms with Crippen LogP contribution >= 0.6 is 22.9 Å². The van der Waals surface area contributed by atoms with E-state index in [1.807, 2.05) is 4.72 Å². The first-order valence-corrected chi connectivity index (χ1v) is 9.58. The molecular formula is C14H15ClFN3O4S2. The van der Waals surface area contributed by atoms with Crippen LogP contribution in [-0.4, -0.2) is 33.0 Å². The third-order valence-electron chi connectivity index (χ3n) is 3.09. The molecule has 11 heteroatoms. The van der Waals surface area contributed by atoms with E-state index in [1.165, 1.54) is 25.2 Å². The maximum absolute atomic E-state index is 13.8. The van der Waals surface area contributed by atoms with Crippen molar-refractivity contribution in [2.75, 3.05) is 19.0 Å². The van der Waals surface area contributed by atoms with Gasteiger partial charge in [-0.25, -0.2) is 13.6 Å². The van der Waals surface area contributed by atoms with Crippen molar-refractivity contribution in [3.63, 3.8) is 0 Å². The average Bonchev–Trinajstić information content (AvgIpc) is 2.88. The van der Waals surface area contributed by atoms with Crippen molar-refractivity contribution in [2.45, 2.75) is 13.3 Å². The minimum Gasteiger partial charge on any atom is -0.300 e. The smallest absolute Gasteiger partial charge is 0.300 e. The lowest BCUT2D eigenvalue weighted by molar-refractivity contribution is -0.118. The largest absolute Gasteiger partial charge is 0.336 e. The van der Waals surface area contributed by atoms with Crippen molar-refractivity contribution in [3.05, 3.63) is 45.2 Å². The third kappa shape index (κ3) is 5.72. The Morgan fingerprint density at radius 1 is 1.44 bits per heavy atom. The summed E-state index contributed by atoms with van der Waals surface area (Å²) in [7, 11) is -2.78. The molecule has 0 aliphatic carbocycles. The van der Waals surface area contributed by atoms with E-state index in [2.05, 4.69) is 14.5 Å². The van der Waals surface area contributed by atoms with E-state index in [1.54, 1.807) is 6.92 Å². The van der Waals surface area contributed by atoms with Crippen molar-refractivity contribution in [2.24, 2.45) is 0 Å². The summed E-state index contributed by atoms with van der Waals surface area (Å²) in [5.41, 5.74) is 1.05. The van der Waals surface area contributed by atoms with Crippen LogP contribution in [0.15, 0.2) is 18.2 Å². The number of halogens is 2. The number of rotatable bonds is 7. The number of carbonyl (C=O) groups is 1. The van der Waals surface area contributed by atoms with Gasteiger partial charge in [-0.05, 0) is 30.7 Å². The van der Waals surface area contributed by atoms with Crippen LogP contribution in [0, 0.1) is 12.7 Å². The first kappa shape index (κ1) is 19.7. The van der Waals surface area contributed by atoms with E-state index in [-0.39, 0.29) is 17.4 Å². The maximum atomic E-state index is 13.8. The second kappa shape index (κ2) is 8.19. The molecule has 25 heavy (non-hydrogen) atoms. The first-order chi connectivity index (χ1) is 11.7. The Bertz CT molecular complexity index is 886. The summed E-state index contributed by atoms with van der Waals surface area (Å²) >= 11 is 7.04. The van der Waals surface area contributed by atoms with E-state index >= 15 is 0 Å². The van der Waals surface area contributed by atoms with Gasteiger partial charge < -0.3 is 0 Å². The number of aryl methyl sites for hydroxylation is 1. The normalized spacial score (nSPS) is 11.5.